The summed E-state index contributed by atoms with van der Waals surface area (Å²) in [5.41, 5.74) is 0.528. The molecule has 24 heavy (non-hydrogen) atoms. The molecule has 0 aromatic carbocycles. The Morgan fingerprint density at radius 3 is 2.38 bits per heavy atom. The summed E-state index contributed by atoms with van der Waals surface area (Å²) in [6.07, 6.45) is 14.1. The fourth-order valence-corrected chi connectivity index (χ4v) is 6.87. The van der Waals surface area contributed by atoms with E-state index in [0.717, 1.165) is 36.0 Å². The summed E-state index contributed by atoms with van der Waals surface area (Å²) in [5.74, 6) is 3.02. The number of nitrogens with one attached hydrogen (secondary N) is 2. The fraction of sp³-hybridized carbons (Fsp3) is 0.950. The molecule has 0 unspecified atom stereocenters. The number of rotatable bonds is 6. The number of hydrogen-bond donors (Lipinski definition) is 2. The summed E-state index contributed by atoms with van der Waals surface area (Å²) in [6.45, 7) is 4.10. The molecule has 0 aromatic rings. The minimum absolute atomic E-state index is 0.355. The molecule has 5 aliphatic rings. The molecular formula is C20H34N2OS. The maximum atomic E-state index is 5.71. The van der Waals surface area contributed by atoms with E-state index in [9.17, 15) is 0 Å². The van der Waals surface area contributed by atoms with Crippen molar-refractivity contribution in [2.45, 2.75) is 83.3 Å². The van der Waals surface area contributed by atoms with Gasteiger partial charge in [0.2, 0.25) is 0 Å². The van der Waals surface area contributed by atoms with E-state index in [0.29, 0.717) is 17.6 Å². The molecule has 0 radical (unpaired) electrons. The molecule has 2 N–H and O–H groups in total. The lowest BCUT2D eigenvalue weighted by Gasteiger charge is -2.59. The SMILES string of the molecule is CCC[C@@H](NC(=S)NC[C@H]1CCCO1)C12CC3CC(CC(C3)C1)C2. The van der Waals surface area contributed by atoms with Gasteiger partial charge in [0.05, 0.1) is 6.10 Å². The van der Waals surface area contributed by atoms with Crippen molar-refractivity contribution in [3.8, 4) is 0 Å². The predicted octanol–water partition coefficient (Wildman–Crippen LogP) is 4.01. The van der Waals surface area contributed by atoms with Crippen LogP contribution in [0.1, 0.15) is 71.1 Å². The van der Waals surface area contributed by atoms with E-state index >= 15 is 0 Å². The summed E-state index contributed by atoms with van der Waals surface area (Å²) in [6, 6.07) is 0.570. The highest BCUT2D eigenvalue weighted by atomic mass is 32.1. The van der Waals surface area contributed by atoms with Crippen LogP contribution in [0.15, 0.2) is 0 Å². The molecule has 0 aromatic heterocycles. The number of hydrogen-bond acceptors (Lipinski definition) is 2. The number of ether oxygens (including phenoxy) is 1. The van der Waals surface area contributed by atoms with Crippen LogP contribution >= 0.6 is 12.2 Å². The third kappa shape index (κ3) is 3.46. The molecule has 0 amide bonds. The van der Waals surface area contributed by atoms with E-state index in [1.165, 1.54) is 64.2 Å². The third-order valence-corrected chi connectivity index (χ3v) is 7.48. The maximum absolute atomic E-state index is 5.71. The Kier molecular flexibility index (Phi) is 5.06. The largest absolute Gasteiger partial charge is 0.376 e. The smallest absolute Gasteiger partial charge is 0.166 e. The van der Waals surface area contributed by atoms with Gasteiger partial charge in [-0.3, -0.25) is 0 Å². The topological polar surface area (TPSA) is 33.3 Å². The van der Waals surface area contributed by atoms with Crippen molar-refractivity contribution in [3.05, 3.63) is 0 Å². The highest BCUT2D eigenvalue weighted by Crippen LogP contribution is 2.61. The minimum Gasteiger partial charge on any atom is -0.376 e. The van der Waals surface area contributed by atoms with E-state index < -0.39 is 0 Å². The van der Waals surface area contributed by atoms with Crippen LogP contribution in [0, 0.1) is 23.2 Å². The average molecular weight is 351 g/mol. The second-order valence-corrected chi connectivity index (χ2v) is 9.52. The molecule has 0 spiro atoms. The van der Waals surface area contributed by atoms with Gasteiger partial charge in [0.15, 0.2) is 5.11 Å². The van der Waals surface area contributed by atoms with Gasteiger partial charge in [-0.25, -0.2) is 0 Å². The second-order valence-electron chi connectivity index (χ2n) is 9.11. The molecule has 1 heterocycles. The summed E-state index contributed by atoms with van der Waals surface area (Å²) >= 11 is 5.66. The van der Waals surface area contributed by atoms with E-state index in [1.54, 1.807) is 0 Å². The summed E-state index contributed by atoms with van der Waals surface area (Å²) in [4.78, 5) is 0. The quantitative estimate of drug-likeness (QED) is 0.709. The first-order valence-electron chi connectivity index (χ1n) is 10.3. The molecule has 4 heteroatoms. The molecule has 4 aliphatic carbocycles. The van der Waals surface area contributed by atoms with Crippen LogP contribution in [0.3, 0.4) is 0 Å². The number of thiocarbonyl (C=S) groups is 1. The summed E-state index contributed by atoms with van der Waals surface area (Å²) < 4.78 is 5.71. The standard InChI is InChI=1S/C20H34N2OS/c1-2-4-18(22-19(24)21-13-17-5-3-6-23-17)20-10-14-7-15(11-20)9-16(8-14)12-20/h14-18H,2-13H2,1H3,(H2,21,22,24)/t14?,15?,16?,17-,18-,20?/m1/s1. The predicted molar refractivity (Wildman–Crippen MR) is 102 cm³/mol. The van der Waals surface area contributed by atoms with Gasteiger partial charge in [0, 0.05) is 19.2 Å². The Labute approximate surface area is 152 Å². The monoisotopic (exact) mass is 350 g/mol. The van der Waals surface area contributed by atoms with Crippen molar-refractivity contribution in [2.75, 3.05) is 13.2 Å². The summed E-state index contributed by atoms with van der Waals surface area (Å²) in [5, 5.41) is 8.07. The Hall–Kier alpha value is -0.350. The lowest BCUT2D eigenvalue weighted by atomic mass is 9.47. The van der Waals surface area contributed by atoms with Crippen LogP contribution in [0.2, 0.25) is 0 Å². The molecule has 5 fully saturated rings. The first kappa shape index (κ1) is 17.1. The van der Waals surface area contributed by atoms with Crippen LogP contribution in [-0.4, -0.2) is 30.4 Å². The van der Waals surface area contributed by atoms with Crippen molar-refractivity contribution in [2.24, 2.45) is 23.2 Å². The van der Waals surface area contributed by atoms with Crippen LogP contribution < -0.4 is 10.6 Å². The van der Waals surface area contributed by atoms with Crippen molar-refractivity contribution in [3.63, 3.8) is 0 Å². The van der Waals surface area contributed by atoms with Gasteiger partial charge in [-0.2, -0.15) is 0 Å². The molecule has 5 rings (SSSR count). The van der Waals surface area contributed by atoms with Crippen LogP contribution in [0.4, 0.5) is 0 Å². The van der Waals surface area contributed by atoms with Crippen molar-refractivity contribution in [1.82, 2.24) is 10.6 Å². The Morgan fingerprint density at radius 1 is 1.17 bits per heavy atom. The zero-order chi connectivity index (χ0) is 16.6. The molecule has 3 nitrogen and oxygen atoms in total. The van der Waals surface area contributed by atoms with E-state index in [4.69, 9.17) is 17.0 Å². The molecule has 1 saturated heterocycles. The van der Waals surface area contributed by atoms with Crippen molar-refractivity contribution in [1.29, 1.82) is 0 Å². The molecule has 136 valence electrons. The normalized spacial score (nSPS) is 41.4. The Bertz CT molecular complexity index is 425. The van der Waals surface area contributed by atoms with Crippen LogP contribution in [-0.2, 0) is 4.74 Å². The second kappa shape index (κ2) is 7.11. The van der Waals surface area contributed by atoms with Gasteiger partial charge >= 0.3 is 0 Å². The molecular weight excluding hydrogens is 316 g/mol. The van der Waals surface area contributed by atoms with Crippen LogP contribution in [0.5, 0.6) is 0 Å². The molecule has 4 saturated carbocycles. The van der Waals surface area contributed by atoms with Gasteiger partial charge in [0.25, 0.3) is 0 Å². The first-order valence-corrected chi connectivity index (χ1v) is 10.7. The third-order valence-electron chi connectivity index (χ3n) is 7.22. The van der Waals surface area contributed by atoms with Gasteiger partial charge in [-0.15, -0.1) is 0 Å². The Morgan fingerprint density at radius 2 is 1.83 bits per heavy atom. The van der Waals surface area contributed by atoms with Gasteiger partial charge in [0.1, 0.15) is 0 Å². The maximum Gasteiger partial charge on any atom is 0.166 e. The van der Waals surface area contributed by atoms with E-state index in [1.807, 2.05) is 0 Å². The molecule has 2 atom stereocenters. The lowest BCUT2D eigenvalue weighted by Crippen LogP contribution is -2.58. The lowest BCUT2D eigenvalue weighted by molar-refractivity contribution is -0.0720. The minimum atomic E-state index is 0.355. The van der Waals surface area contributed by atoms with Gasteiger partial charge < -0.3 is 15.4 Å². The van der Waals surface area contributed by atoms with Crippen molar-refractivity contribution < 1.29 is 4.74 Å². The fourth-order valence-electron chi connectivity index (χ4n) is 6.65. The summed E-state index contributed by atoms with van der Waals surface area (Å²) in [7, 11) is 0. The van der Waals surface area contributed by atoms with Crippen molar-refractivity contribution >= 4 is 17.3 Å². The molecule has 1 aliphatic heterocycles. The van der Waals surface area contributed by atoms with Crippen LogP contribution in [0.25, 0.3) is 0 Å². The van der Waals surface area contributed by atoms with E-state index in [-0.39, 0.29) is 0 Å². The van der Waals surface area contributed by atoms with Gasteiger partial charge in [-0.05, 0) is 93.2 Å². The average Bonchev–Trinajstić information content (AvgIpc) is 3.05. The molecule has 4 bridgehead atoms. The zero-order valence-electron chi connectivity index (χ0n) is 15.2. The highest BCUT2D eigenvalue weighted by molar-refractivity contribution is 7.80. The van der Waals surface area contributed by atoms with Gasteiger partial charge in [-0.1, -0.05) is 13.3 Å². The van der Waals surface area contributed by atoms with E-state index in [2.05, 4.69) is 17.6 Å². The highest BCUT2D eigenvalue weighted by Gasteiger charge is 2.54. The Balaban J connectivity index is 1.37. The first-order chi connectivity index (χ1) is 11.7. The zero-order valence-corrected chi connectivity index (χ0v) is 16.0.